The molecule has 0 unspecified atom stereocenters. The molecule has 158 valence electrons. The lowest BCUT2D eigenvalue weighted by Gasteiger charge is -2.19. The van der Waals surface area contributed by atoms with Crippen molar-refractivity contribution in [3.05, 3.63) is 70.6 Å². The van der Waals surface area contributed by atoms with Crippen LogP contribution < -0.4 is 10.7 Å². The van der Waals surface area contributed by atoms with E-state index in [1.165, 1.54) is 0 Å². The number of hydrogen-bond acceptors (Lipinski definition) is 4. The molecule has 0 atom stereocenters. The Labute approximate surface area is 181 Å². The molecule has 0 saturated heterocycles. The number of nitrogens with one attached hydrogen (secondary N) is 1. The molecule has 0 saturated carbocycles. The van der Waals surface area contributed by atoms with E-state index in [0.29, 0.717) is 23.5 Å². The summed E-state index contributed by atoms with van der Waals surface area (Å²) in [4.78, 5) is 16.6. The van der Waals surface area contributed by atoms with Gasteiger partial charge in [0.2, 0.25) is 0 Å². The summed E-state index contributed by atoms with van der Waals surface area (Å²) in [5, 5.41) is 15.0. The fraction of sp³-hybridized carbons (Fsp3) is 0.231. The fourth-order valence-electron chi connectivity index (χ4n) is 4.09. The number of carboxylic acids is 1. The molecule has 0 amide bonds. The Hall–Kier alpha value is -3.60. The summed E-state index contributed by atoms with van der Waals surface area (Å²) >= 11 is 0. The minimum atomic E-state index is -0.951. The van der Waals surface area contributed by atoms with Crippen molar-refractivity contribution in [3.63, 3.8) is 0 Å². The Morgan fingerprint density at radius 3 is 2.52 bits per heavy atom. The first-order chi connectivity index (χ1) is 14.9. The van der Waals surface area contributed by atoms with E-state index in [1.807, 2.05) is 51.1 Å². The number of anilines is 1. The van der Waals surface area contributed by atoms with E-state index in [1.54, 1.807) is 12.1 Å². The highest BCUT2D eigenvalue weighted by atomic mass is 16.4. The third-order valence-electron chi connectivity index (χ3n) is 5.51. The Balaban J connectivity index is 2.20. The zero-order valence-electron chi connectivity index (χ0n) is 18.2. The van der Waals surface area contributed by atoms with Crippen molar-refractivity contribution in [3.8, 4) is 22.5 Å². The van der Waals surface area contributed by atoms with Crippen LogP contribution in [0.2, 0.25) is 0 Å². The number of fused-ring (bicyclic) bond motifs is 2. The van der Waals surface area contributed by atoms with E-state index in [9.17, 15) is 9.90 Å². The van der Waals surface area contributed by atoms with Gasteiger partial charge in [0.15, 0.2) is 0 Å². The summed E-state index contributed by atoms with van der Waals surface area (Å²) in [7, 11) is 0. The van der Waals surface area contributed by atoms with E-state index in [0.717, 1.165) is 45.2 Å². The molecule has 2 aromatic rings. The SMILES string of the molecule is CC/N=c1/cc2oc3cc(NCC)c(C)cc3c(-c3ccccc3C(=O)O)c-2cc1C. The van der Waals surface area contributed by atoms with E-state index in [-0.39, 0.29) is 5.56 Å². The summed E-state index contributed by atoms with van der Waals surface area (Å²) in [6.07, 6.45) is 0. The van der Waals surface area contributed by atoms with Gasteiger partial charge in [-0.3, -0.25) is 4.99 Å². The number of carboxylic acid groups (broad SMARTS) is 1. The number of rotatable bonds is 5. The molecule has 0 spiro atoms. The van der Waals surface area contributed by atoms with Gasteiger partial charge >= 0.3 is 5.97 Å². The van der Waals surface area contributed by atoms with E-state index in [2.05, 4.69) is 23.3 Å². The van der Waals surface area contributed by atoms with Crippen LogP contribution in [0.1, 0.15) is 35.3 Å². The number of carbonyl (C=O) groups is 1. The van der Waals surface area contributed by atoms with Crippen LogP contribution in [0.25, 0.3) is 33.4 Å². The van der Waals surface area contributed by atoms with E-state index >= 15 is 0 Å². The zero-order chi connectivity index (χ0) is 22.1. The van der Waals surface area contributed by atoms with Gasteiger partial charge in [0.25, 0.3) is 0 Å². The molecular weight excluding hydrogens is 388 g/mol. The predicted molar refractivity (Wildman–Crippen MR) is 125 cm³/mol. The van der Waals surface area contributed by atoms with Gasteiger partial charge in [0.1, 0.15) is 11.3 Å². The smallest absolute Gasteiger partial charge is 0.336 e. The standard InChI is InChI=1S/C26H26N2O3/c1-5-27-21-13-23-19(11-15(21)3)25(17-9-7-8-10-18(17)26(29)30)20-12-16(4)22(28-6-2)14-24(20)31-23/h7-14,27H,5-6H2,1-4H3,(H,29,30)/b28-22-. The van der Waals surface area contributed by atoms with Crippen LogP contribution in [0.3, 0.4) is 0 Å². The Morgan fingerprint density at radius 1 is 1.03 bits per heavy atom. The highest BCUT2D eigenvalue weighted by molar-refractivity contribution is 6.08. The maximum atomic E-state index is 12.0. The Bertz CT molecular complexity index is 1330. The molecule has 0 radical (unpaired) electrons. The second-order valence-corrected chi connectivity index (χ2v) is 7.63. The molecule has 0 fully saturated rings. The first kappa shape index (κ1) is 20.7. The predicted octanol–water partition coefficient (Wildman–Crippen LogP) is 5.87. The quantitative estimate of drug-likeness (QED) is 0.400. The number of hydrogen-bond donors (Lipinski definition) is 2. The minimum absolute atomic E-state index is 0.268. The van der Waals surface area contributed by atoms with Crippen molar-refractivity contribution < 1.29 is 14.3 Å². The molecule has 2 aliphatic rings. The van der Waals surface area contributed by atoms with Crippen molar-refractivity contribution >= 4 is 22.6 Å². The van der Waals surface area contributed by atoms with Gasteiger partial charge in [-0.15, -0.1) is 0 Å². The third kappa shape index (κ3) is 3.67. The van der Waals surface area contributed by atoms with Crippen molar-refractivity contribution in [1.82, 2.24) is 0 Å². The van der Waals surface area contributed by atoms with Crippen molar-refractivity contribution in [1.29, 1.82) is 0 Å². The molecule has 4 rings (SSSR count). The third-order valence-corrected chi connectivity index (χ3v) is 5.51. The van der Waals surface area contributed by atoms with Gasteiger partial charge in [-0.25, -0.2) is 4.79 Å². The largest absolute Gasteiger partial charge is 0.478 e. The maximum Gasteiger partial charge on any atom is 0.336 e. The second-order valence-electron chi connectivity index (χ2n) is 7.63. The van der Waals surface area contributed by atoms with Crippen LogP contribution in [0.15, 0.2) is 57.9 Å². The van der Waals surface area contributed by atoms with Crippen molar-refractivity contribution in [2.75, 3.05) is 18.4 Å². The van der Waals surface area contributed by atoms with E-state index < -0.39 is 5.97 Å². The molecule has 5 heteroatoms. The first-order valence-electron chi connectivity index (χ1n) is 10.5. The zero-order valence-corrected chi connectivity index (χ0v) is 18.2. The molecule has 31 heavy (non-hydrogen) atoms. The Morgan fingerprint density at radius 2 is 1.81 bits per heavy atom. The van der Waals surface area contributed by atoms with Gasteiger partial charge in [-0.1, -0.05) is 18.2 Å². The molecule has 2 N–H and O–H groups in total. The lowest BCUT2D eigenvalue weighted by atomic mass is 9.89. The molecule has 2 aromatic carbocycles. The molecule has 0 aromatic heterocycles. The summed E-state index contributed by atoms with van der Waals surface area (Å²) in [5.74, 6) is -0.264. The molecule has 1 aliphatic heterocycles. The molecule has 5 nitrogen and oxygen atoms in total. The topological polar surface area (TPSA) is 74.8 Å². The summed E-state index contributed by atoms with van der Waals surface area (Å²) in [6.45, 7) is 9.59. The summed E-state index contributed by atoms with van der Waals surface area (Å²) in [6, 6.07) is 15.2. The monoisotopic (exact) mass is 414 g/mol. The normalized spacial score (nSPS) is 11.9. The lowest BCUT2D eigenvalue weighted by Crippen LogP contribution is -2.09. The van der Waals surface area contributed by atoms with Crippen LogP contribution in [0.4, 0.5) is 5.69 Å². The molecule has 0 bridgehead atoms. The summed E-state index contributed by atoms with van der Waals surface area (Å²) in [5.41, 5.74) is 6.50. The van der Waals surface area contributed by atoms with Gasteiger partial charge in [-0.2, -0.15) is 0 Å². The highest BCUT2D eigenvalue weighted by Crippen LogP contribution is 2.42. The second kappa shape index (κ2) is 8.26. The Kier molecular flexibility index (Phi) is 5.51. The number of aromatic carboxylic acids is 1. The van der Waals surface area contributed by atoms with Crippen LogP contribution in [-0.4, -0.2) is 24.2 Å². The molecule has 1 heterocycles. The molecule has 1 aliphatic carbocycles. The van der Waals surface area contributed by atoms with Crippen LogP contribution in [0.5, 0.6) is 0 Å². The van der Waals surface area contributed by atoms with Gasteiger partial charge in [0.05, 0.1) is 10.9 Å². The molecular formula is C26H26N2O3. The van der Waals surface area contributed by atoms with Crippen LogP contribution in [0, 0.1) is 13.8 Å². The number of nitrogens with zero attached hydrogens (tertiary/aromatic N) is 1. The van der Waals surface area contributed by atoms with Crippen LogP contribution in [-0.2, 0) is 0 Å². The summed E-state index contributed by atoms with van der Waals surface area (Å²) < 4.78 is 6.35. The van der Waals surface area contributed by atoms with Crippen LogP contribution >= 0.6 is 0 Å². The average Bonchev–Trinajstić information content (AvgIpc) is 2.74. The average molecular weight is 415 g/mol. The van der Waals surface area contributed by atoms with Crippen molar-refractivity contribution in [2.45, 2.75) is 27.7 Å². The highest BCUT2D eigenvalue weighted by Gasteiger charge is 2.22. The number of benzene rings is 3. The number of aryl methyl sites for hydroxylation is 2. The first-order valence-corrected chi connectivity index (χ1v) is 10.5. The lowest BCUT2D eigenvalue weighted by molar-refractivity contribution is 0.0697. The maximum absolute atomic E-state index is 12.0. The minimum Gasteiger partial charge on any atom is -0.478 e. The van der Waals surface area contributed by atoms with Gasteiger partial charge in [-0.05, 0) is 62.6 Å². The van der Waals surface area contributed by atoms with E-state index in [4.69, 9.17) is 4.42 Å². The van der Waals surface area contributed by atoms with Gasteiger partial charge in [0, 0.05) is 47.4 Å². The van der Waals surface area contributed by atoms with Crippen molar-refractivity contribution in [2.24, 2.45) is 4.99 Å². The van der Waals surface area contributed by atoms with Gasteiger partial charge < -0.3 is 14.8 Å². The fourth-order valence-corrected chi connectivity index (χ4v) is 4.09.